The molecule has 40 heavy (non-hydrogen) atoms. The second kappa shape index (κ2) is 7.61. The molecule has 0 nitrogen and oxygen atoms in total. The van der Waals surface area contributed by atoms with Crippen molar-refractivity contribution in [2.75, 3.05) is 0 Å². The largest absolute Gasteiger partial charge is 0.0616 e. The van der Waals surface area contributed by atoms with Crippen molar-refractivity contribution in [2.24, 2.45) is 11.8 Å². The molecule has 4 aromatic carbocycles. The highest BCUT2D eigenvalue weighted by Gasteiger charge is 2.43. The van der Waals surface area contributed by atoms with Crippen molar-refractivity contribution in [3.8, 4) is 11.1 Å². The average molecular weight is 509 g/mol. The molecule has 6 aliphatic carbocycles. The molecule has 0 radical (unpaired) electrons. The molecule has 0 heteroatoms. The van der Waals surface area contributed by atoms with Crippen LogP contribution >= 0.6 is 0 Å². The van der Waals surface area contributed by atoms with E-state index in [-0.39, 0.29) is 0 Å². The second-order valence-electron chi connectivity index (χ2n) is 12.3. The van der Waals surface area contributed by atoms with Crippen LogP contribution < -0.4 is 0 Å². The smallest absolute Gasteiger partial charge is 0.0205 e. The maximum absolute atomic E-state index is 2.50. The Morgan fingerprint density at radius 2 is 1.27 bits per heavy atom. The van der Waals surface area contributed by atoms with Crippen LogP contribution in [0.4, 0.5) is 0 Å². The fraction of sp³-hybridized carbons (Fsp3) is 0.150. The van der Waals surface area contributed by atoms with Gasteiger partial charge in [-0.3, -0.25) is 0 Å². The van der Waals surface area contributed by atoms with Gasteiger partial charge in [-0.25, -0.2) is 0 Å². The van der Waals surface area contributed by atoms with Gasteiger partial charge in [-0.1, -0.05) is 109 Å². The molecular weight excluding hydrogens is 480 g/mol. The van der Waals surface area contributed by atoms with Gasteiger partial charge in [-0.05, 0) is 114 Å². The summed E-state index contributed by atoms with van der Waals surface area (Å²) in [5.41, 5.74) is 17.7. The molecule has 0 aromatic heterocycles. The number of benzene rings is 4. The second-order valence-corrected chi connectivity index (χ2v) is 12.3. The lowest BCUT2D eigenvalue weighted by Crippen LogP contribution is -2.32. The average Bonchev–Trinajstić information content (AvgIpc) is 2.96. The fourth-order valence-corrected chi connectivity index (χ4v) is 8.40. The van der Waals surface area contributed by atoms with Crippen LogP contribution in [0.1, 0.15) is 29.5 Å². The molecule has 0 saturated carbocycles. The minimum absolute atomic E-state index is 0.399. The van der Waals surface area contributed by atoms with Crippen LogP contribution in [0.15, 0.2) is 143 Å². The topological polar surface area (TPSA) is 0 Å². The highest BCUT2D eigenvalue weighted by molar-refractivity contribution is 6.20. The van der Waals surface area contributed by atoms with Gasteiger partial charge >= 0.3 is 0 Å². The Balaban J connectivity index is 1.28. The van der Waals surface area contributed by atoms with Crippen LogP contribution in [0, 0.1) is 11.8 Å². The molecule has 0 heterocycles. The third-order valence-corrected chi connectivity index (χ3v) is 10.5. The summed E-state index contributed by atoms with van der Waals surface area (Å²) in [6, 6.07) is 25.4. The molecule has 0 bridgehead atoms. The minimum atomic E-state index is 0.399. The summed E-state index contributed by atoms with van der Waals surface area (Å²) in [7, 11) is 0. The van der Waals surface area contributed by atoms with E-state index in [0.29, 0.717) is 11.8 Å². The van der Waals surface area contributed by atoms with Gasteiger partial charge in [0.2, 0.25) is 0 Å². The minimum Gasteiger partial charge on any atom is -0.0616 e. The van der Waals surface area contributed by atoms with Gasteiger partial charge in [0.1, 0.15) is 0 Å². The van der Waals surface area contributed by atoms with Crippen molar-refractivity contribution in [3.05, 3.63) is 159 Å². The molecule has 0 spiro atoms. The number of hydrogen-bond donors (Lipinski definition) is 0. The summed E-state index contributed by atoms with van der Waals surface area (Å²) in [6.45, 7) is 0. The van der Waals surface area contributed by atoms with Gasteiger partial charge in [-0.2, -0.15) is 0 Å². The van der Waals surface area contributed by atoms with Gasteiger partial charge in [0, 0.05) is 11.8 Å². The fourth-order valence-electron chi connectivity index (χ4n) is 8.40. The van der Waals surface area contributed by atoms with E-state index < -0.39 is 0 Å². The highest BCUT2D eigenvalue weighted by atomic mass is 14.5. The monoisotopic (exact) mass is 508 g/mol. The number of allylic oxidation sites excluding steroid dienone is 14. The summed E-state index contributed by atoms with van der Waals surface area (Å²) < 4.78 is 0. The van der Waals surface area contributed by atoms with Crippen molar-refractivity contribution >= 4 is 27.1 Å². The Labute approximate surface area is 234 Å². The molecule has 188 valence electrons. The summed E-state index contributed by atoms with van der Waals surface area (Å²) in [5.74, 6) is 0.856. The van der Waals surface area contributed by atoms with Crippen LogP contribution in [-0.2, 0) is 12.8 Å². The number of rotatable bonds is 2. The molecule has 2 atom stereocenters. The maximum Gasteiger partial charge on any atom is 0.0205 e. The predicted molar refractivity (Wildman–Crippen MR) is 167 cm³/mol. The lowest BCUT2D eigenvalue weighted by atomic mass is 9.58. The van der Waals surface area contributed by atoms with Crippen molar-refractivity contribution in [1.82, 2.24) is 0 Å². The molecule has 0 saturated heterocycles. The summed E-state index contributed by atoms with van der Waals surface area (Å²) in [4.78, 5) is 0. The van der Waals surface area contributed by atoms with Gasteiger partial charge < -0.3 is 0 Å². The summed E-state index contributed by atoms with van der Waals surface area (Å²) in [6.07, 6.45) is 21.9. The van der Waals surface area contributed by atoms with E-state index >= 15 is 0 Å². The van der Waals surface area contributed by atoms with Crippen molar-refractivity contribution < 1.29 is 0 Å². The Morgan fingerprint density at radius 1 is 0.550 bits per heavy atom. The predicted octanol–water partition coefficient (Wildman–Crippen LogP) is 9.78. The first-order chi connectivity index (χ1) is 19.8. The van der Waals surface area contributed by atoms with Gasteiger partial charge in [0.15, 0.2) is 0 Å². The zero-order valence-corrected chi connectivity index (χ0v) is 22.4. The lowest BCUT2D eigenvalue weighted by molar-refractivity contribution is 0.542. The third kappa shape index (κ3) is 2.67. The van der Waals surface area contributed by atoms with Crippen LogP contribution in [0.25, 0.3) is 38.2 Å². The number of aryl methyl sites for hydroxylation is 2. The maximum atomic E-state index is 2.50. The van der Waals surface area contributed by atoms with E-state index in [4.69, 9.17) is 0 Å². The molecule has 4 aromatic rings. The van der Waals surface area contributed by atoms with Crippen LogP contribution in [-0.4, -0.2) is 0 Å². The molecule has 0 fully saturated rings. The van der Waals surface area contributed by atoms with E-state index in [2.05, 4.69) is 109 Å². The Kier molecular flexibility index (Phi) is 4.07. The molecule has 10 rings (SSSR count). The van der Waals surface area contributed by atoms with Crippen molar-refractivity contribution in [2.45, 2.75) is 25.7 Å². The van der Waals surface area contributed by atoms with E-state index in [1.807, 2.05) is 0 Å². The van der Waals surface area contributed by atoms with E-state index in [9.17, 15) is 0 Å². The normalized spacial score (nSPS) is 23.1. The Bertz CT molecular complexity index is 2040. The lowest BCUT2D eigenvalue weighted by Gasteiger charge is -2.45. The standard InChI is InChI=1S/C40H28/c1-3-7-32-30(5-1)37(27-12-10-23-9-11-25(23)21-27)31-6-2-4-8-33(31)40(32)36-19-14-24-13-18-34-29-17-15-26(29)22-28-16-20-35(36)38(24)39(28)34/h1-8,10,12-14,16,18-22,38-39H,9,11,15,17H2. The zero-order valence-electron chi connectivity index (χ0n) is 22.4. The molecule has 0 N–H and O–H groups in total. The van der Waals surface area contributed by atoms with Gasteiger partial charge in [0.05, 0.1) is 0 Å². The summed E-state index contributed by atoms with van der Waals surface area (Å²) >= 11 is 0. The van der Waals surface area contributed by atoms with Crippen LogP contribution in [0.2, 0.25) is 0 Å². The van der Waals surface area contributed by atoms with Gasteiger partial charge in [-0.15, -0.1) is 0 Å². The molecule has 6 aliphatic rings. The van der Waals surface area contributed by atoms with E-state index in [1.165, 1.54) is 97.3 Å². The molecule has 2 unspecified atom stereocenters. The first-order valence-electron chi connectivity index (χ1n) is 14.9. The first-order valence-corrected chi connectivity index (χ1v) is 14.9. The van der Waals surface area contributed by atoms with E-state index in [0.717, 1.165) is 0 Å². The first kappa shape index (κ1) is 21.4. The van der Waals surface area contributed by atoms with Crippen molar-refractivity contribution in [1.29, 1.82) is 0 Å². The van der Waals surface area contributed by atoms with Crippen LogP contribution in [0.3, 0.4) is 0 Å². The van der Waals surface area contributed by atoms with Crippen LogP contribution in [0.5, 0.6) is 0 Å². The molecule has 0 aliphatic heterocycles. The quantitative estimate of drug-likeness (QED) is 0.236. The Hall–Kier alpha value is -4.42. The highest BCUT2D eigenvalue weighted by Crippen LogP contribution is 2.57. The third-order valence-electron chi connectivity index (χ3n) is 10.5. The summed E-state index contributed by atoms with van der Waals surface area (Å²) in [5, 5.41) is 5.41. The van der Waals surface area contributed by atoms with Gasteiger partial charge in [0.25, 0.3) is 0 Å². The number of hydrogen-bond acceptors (Lipinski definition) is 0. The Morgan fingerprint density at radius 3 is 1.95 bits per heavy atom. The van der Waals surface area contributed by atoms with Crippen molar-refractivity contribution in [3.63, 3.8) is 0 Å². The number of fused-ring (bicyclic) bond motifs is 4. The molecule has 0 amide bonds. The zero-order chi connectivity index (χ0) is 25.9. The molecular formula is C40H28. The SMILES string of the molecule is C1=CC2=C(c3c4ccccc4c(-c4ccc5c(c4)CC5)c4ccccc34)C=CC3=CC=C4C5=C(C=C1C4C32)CC5. The van der Waals surface area contributed by atoms with E-state index in [1.54, 1.807) is 16.7 Å².